The number of imidazole rings is 1. The van der Waals surface area contributed by atoms with Crippen LogP contribution in [0.2, 0.25) is 0 Å². The highest BCUT2D eigenvalue weighted by Gasteiger charge is 2.41. The molecule has 0 saturated heterocycles. The monoisotopic (exact) mass is 358 g/mol. The lowest BCUT2D eigenvalue weighted by Crippen LogP contribution is -2.07. The van der Waals surface area contributed by atoms with Crippen molar-refractivity contribution in [2.45, 2.75) is 38.1 Å². The van der Waals surface area contributed by atoms with Crippen molar-refractivity contribution in [3.8, 4) is 22.0 Å². The van der Waals surface area contributed by atoms with Crippen molar-refractivity contribution in [1.29, 1.82) is 0 Å². The molecule has 0 N–H and O–H groups in total. The van der Waals surface area contributed by atoms with E-state index in [9.17, 15) is 0 Å². The number of pyridine rings is 2. The van der Waals surface area contributed by atoms with Gasteiger partial charge in [-0.3, -0.25) is 9.97 Å². The van der Waals surface area contributed by atoms with Gasteiger partial charge in [-0.2, -0.15) is 0 Å². The Labute approximate surface area is 155 Å². The van der Waals surface area contributed by atoms with Gasteiger partial charge >= 0.3 is 0 Å². The predicted molar refractivity (Wildman–Crippen MR) is 104 cm³/mol. The molecule has 128 valence electrons. The highest BCUT2D eigenvalue weighted by molar-refractivity contribution is 7.22. The van der Waals surface area contributed by atoms with Crippen LogP contribution in [0.1, 0.15) is 42.7 Å². The van der Waals surface area contributed by atoms with E-state index in [-0.39, 0.29) is 0 Å². The van der Waals surface area contributed by atoms with Crippen LogP contribution in [-0.4, -0.2) is 19.5 Å². The minimum Gasteiger partial charge on any atom is -0.323 e. The normalized spacial score (nSPS) is 20.8. The van der Waals surface area contributed by atoms with Gasteiger partial charge < -0.3 is 4.57 Å². The molecule has 5 heteroatoms. The molecule has 1 aliphatic carbocycles. The minimum atomic E-state index is 0.597. The highest BCUT2D eigenvalue weighted by Crippen LogP contribution is 2.53. The zero-order valence-electron chi connectivity index (χ0n) is 14.5. The quantitative estimate of drug-likeness (QED) is 0.485. The fourth-order valence-corrected chi connectivity index (χ4v) is 5.70. The van der Waals surface area contributed by atoms with Gasteiger partial charge in [0.1, 0.15) is 11.5 Å². The van der Waals surface area contributed by atoms with Gasteiger partial charge in [-0.1, -0.05) is 6.07 Å². The van der Waals surface area contributed by atoms with Crippen molar-refractivity contribution in [3.05, 3.63) is 54.2 Å². The molecule has 1 aliphatic heterocycles. The Morgan fingerprint density at radius 3 is 3.00 bits per heavy atom. The van der Waals surface area contributed by atoms with Crippen LogP contribution in [0.3, 0.4) is 0 Å². The average Bonchev–Trinajstić information content (AvgIpc) is 3.40. The fraction of sp³-hybridized carbons (Fsp3) is 0.286. The Hall–Kier alpha value is -2.53. The standard InChI is InChI=1S/C21H18N4S/c1-12-3-2-4-16(23-12)19-20(18-10-14-11-22-8-7-17(14)26-18)25-15-6-5-13(9-15)21(25)24-19/h2-4,7-8,10-11,13,15H,5-6,9H2,1H3. The highest BCUT2D eigenvalue weighted by atomic mass is 32.1. The molecule has 2 atom stereocenters. The molecule has 0 aromatic carbocycles. The lowest BCUT2D eigenvalue weighted by molar-refractivity contribution is 0.530. The van der Waals surface area contributed by atoms with Gasteiger partial charge in [0.2, 0.25) is 0 Å². The maximum atomic E-state index is 5.12. The molecule has 1 saturated carbocycles. The first-order valence-electron chi connectivity index (χ1n) is 9.18. The summed E-state index contributed by atoms with van der Waals surface area (Å²) >= 11 is 1.83. The second-order valence-corrected chi connectivity index (χ2v) is 8.47. The molecule has 1 fully saturated rings. The molecular weight excluding hydrogens is 340 g/mol. The zero-order valence-corrected chi connectivity index (χ0v) is 15.3. The van der Waals surface area contributed by atoms with Gasteiger partial charge in [-0.25, -0.2) is 4.98 Å². The maximum Gasteiger partial charge on any atom is 0.116 e. The summed E-state index contributed by atoms with van der Waals surface area (Å²) in [7, 11) is 0. The summed E-state index contributed by atoms with van der Waals surface area (Å²) in [5.74, 6) is 1.89. The summed E-state index contributed by atoms with van der Waals surface area (Å²) in [4.78, 5) is 15.5. The summed E-state index contributed by atoms with van der Waals surface area (Å²) < 4.78 is 3.79. The third kappa shape index (κ3) is 1.98. The van der Waals surface area contributed by atoms with Crippen LogP contribution in [0.4, 0.5) is 0 Å². The van der Waals surface area contributed by atoms with E-state index in [0.717, 1.165) is 17.1 Å². The van der Waals surface area contributed by atoms with E-state index in [1.165, 1.54) is 45.7 Å². The van der Waals surface area contributed by atoms with E-state index < -0.39 is 0 Å². The smallest absolute Gasteiger partial charge is 0.116 e. The van der Waals surface area contributed by atoms with Crippen molar-refractivity contribution in [3.63, 3.8) is 0 Å². The number of thiophene rings is 1. The Morgan fingerprint density at radius 2 is 2.12 bits per heavy atom. The van der Waals surface area contributed by atoms with Crippen LogP contribution in [0, 0.1) is 6.92 Å². The molecule has 2 bridgehead atoms. The van der Waals surface area contributed by atoms with Crippen LogP contribution in [0.5, 0.6) is 0 Å². The summed E-state index contributed by atoms with van der Waals surface area (Å²) in [6.07, 6.45) is 7.62. The van der Waals surface area contributed by atoms with E-state index in [1.807, 2.05) is 36.7 Å². The number of nitrogens with zero attached hydrogens (tertiary/aromatic N) is 4. The van der Waals surface area contributed by atoms with Crippen LogP contribution in [-0.2, 0) is 0 Å². The third-order valence-electron chi connectivity index (χ3n) is 5.75. The number of aryl methyl sites for hydroxylation is 1. The van der Waals surface area contributed by atoms with Crippen LogP contribution in [0.15, 0.2) is 42.7 Å². The predicted octanol–water partition coefficient (Wildman–Crippen LogP) is 5.35. The molecule has 26 heavy (non-hydrogen) atoms. The molecule has 4 nitrogen and oxygen atoms in total. The number of rotatable bonds is 2. The Morgan fingerprint density at radius 1 is 1.15 bits per heavy atom. The van der Waals surface area contributed by atoms with Gasteiger partial charge in [0.15, 0.2) is 0 Å². The van der Waals surface area contributed by atoms with Crippen molar-refractivity contribution < 1.29 is 0 Å². The number of hydrogen-bond acceptors (Lipinski definition) is 4. The van der Waals surface area contributed by atoms with Crippen molar-refractivity contribution in [1.82, 2.24) is 19.5 Å². The number of aromatic nitrogens is 4. The SMILES string of the molecule is Cc1cccc(-c2nc3n(c2-c2cc4cnccc4s2)C2CCC3C2)n1. The van der Waals surface area contributed by atoms with E-state index in [1.54, 1.807) is 0 Å². The Balaban J connectivity index is 1.65. The average molecular weight is 358 g/mol. The topological polar surface area (TPSA) is 43.6 Å². The third-order valence-corrected chi connectivity index (χ3v) is 6.88. The van der Waals surface area contributed by atoms with Crippen LogP contribution < -0.4 is 0 Å². The molecule has 0 spiro atoms. The fourth-order valence-electron chi connectivity index (χ4n) is 4.62. The molecule has 6 rings (SSSR count). The first kappa shape index (κ1) is 14.6. The van der Waals surface area contributed by atoms with Gasteiger partial charge in [0.05, 0.1) is 16.3 Å². The molecule has 2 aliphatic rings. The Bertz CT molecular complexity index is 1120. The van der Waals surface area contributed by atoms with E-state index >= 15 is 0 Å². The number of hydrogen-bond donors (Lipinski definition) is 0. The number of fused-ring (bicyclic) bond motifs is 6. The molecule has 4 aromatic heterocycles. The van der Waals surface area contributed by atoms with Crippen LogP contribution in [0.25, 0.3) is 32.0 Å². The van der Waals surface area contributed by atoms with Crippen molar-refractivity contribution in [2.24, 2.45) is 0 Å². The van der Waals surface area contributed by atoms with Crippen molar-refractivity contribution >= 4 is 21.4 Å². The van der Waals surface area contributed by atoms with Gasteiger partial charge in [0.25, 0.3) is 0 Å². The first-order valence-corrected chi connectivity index (χ1v) is 9.99. The molecule has 5 heterocycles. The van der Waals surface area contributed by atoms with E-state index in [4.69, 9.17) is 9.97 Å². The molecular formula is C21H18N4S. The lowest BCUT2D eigenvalue weighted by atomic mass is 10.1. The van der Waals surface area contributed by atoms with E-state index in [0.29, 0.717) is 12.0 Å². The molecule has 0 radical (unpaired) electrons. The maximum absolute atomic E-state index is 5.12. The van der Waals surface area contributed by atoms with E-state index in [2.05, 4.69) is 33.8 Å². The Kier molecular flexibility index (Phi) is 2.95. The van der Waals surface area contributed by atoms with Gasteiger partial charge in [0, 0.05) is 40.1 Å². The summed E-state index contributed by atoms with van der Waals surface area (Å²) in [6, 6.07) is 11.2. The second-order valence-electron chi connectivity index (χ2n) is 7.39. The lowest BCUT2D eigenvalue weighted by Gasteiger charge is -2.16. The zero-order chi connectivity index (χ0) is 17.3. The first-order chi connectivity index (χ1) is 12.8. The van der Waals surface area contributed by atoms with Crippen molar-refractivity contribution in [2.75, 3.05) is 0 Å². The van der Waals surface area contributed by atoms with Crippen LogP contribution >= 0.6 is 11.3 Å². The second kappa shape index (κ2) is 5.24. The molecule has 0 amide bonds. The molecule has 4 aromatic rings. The summed E-state index contributed by atoms with van der Waals surface area (Å²) in [5, 5.41) is 1.20. The minimum absolute atomic E-state index is 0.597. The molecule has 2 unspecified atom stereocenters. The summed E-state index contributed by atoms with van der Waals surface area (Å²) in [6.45, 7) is 2.04. The van der Waals surface area contributed by atoms with Gasteiger partial charge in [-0.15, -0.1) is 11.3 Å². The summed E-state index contributed by atoms with van der Waals surface area (Å²) in [5.41, 5.74) is 4.31. The largest absolute Gasteiger partial charge is 0.323 e. The van der Waals surface area contributed by atoms with Gasteiger partial charge in [-0.05, 0) is 50.5 Å².